The minimum atomic E-state index is 0.0112. The Labute approximate surface area is 90.0 Å². The molecule has 4 heteroatoms. The molecule has 1 aromatic rings. The molecule has 0 aliphatic carbocycles. The molecule has 0 radical (unpaired) electrons. The van der Waals surface area contributed by atoms with Crippen LogP contribution in [0.5, 0.6) is 0 Å². The quantitative estimate of drug-likeness (QED) is 0.791. The van der Waals surface area contributed by atoms with Gasteiger partial charge in [-0.3, -0.25) is 0 Å². The van der Waals surface area contributed by atoms with E-state index >= 15 is 0 Å². The van der Waals surface area contributed by atoms with Gasteiger partial charge in [0.1, 0.15) is 0 Å². The Kier molecular flexibility index (Phi) is 3.16. The van der Waals surface area contributed by atoms with Crippen LogP contribution in [0.3, 0.4) is 0 Å². The highest BCUT2D eigenvalue weighted by Crippen LogP contribution is 2.19. The molecule has 1 saturated heterocycles. The molecule has 2 heterocycles. The van der Waals surface area contributed by atoms with E-state index in [-0.39, 0.29) is 6.61 Å². The summed E-state index contributed by atoms with van der Waals surface area (Å²) in [6.07, 6.45) is 5.82. The minimum Gasteiger partial charge on any atom is -0.392 e. The highest BCUT2D eigenvalue weighted by molar-refractivity contribution is 5.30. The Morgan fingerprint density at radius 1 is 1.33 bits per heavy atom. The molecule has 0 bridgehead atoms. The Balaban J connectivity index is 2.03. The van der Waals surface area contributed by atoms with E-state index in [4.69, 9.17) is 5.11 Å². The molecular formula is C11H17N3O. The number of hydrogen-bond donors (Lipinski definition) is 1. The van der Waals surface area contributed by atoms with Gasteiger partial charge in [0.15, 0.2) is 0 Å². The van der Waals surface area contributed by atoms with Crippen LogP contribution in [-0.2, 0) is 6.61 Å². The SMILES string of the molecule is CC1CCN(c2ncc(CO)cn2)CC1. The second-order valence-corrected chi connectivity index (χ2v) is 4.22. The second-order valence-electron chi connectivity index (χ2n) is 4.22. The first-order valence-electron chi connectivity index (χ1n) is 5.46. The number of hydrogen-bond acceptors (Lipinski definition) is 4. The van der Waals surface area contributed by atoms with Crippen LogP contribution in [0.25, 0.3) is 0 Å². The number of piperidine rings is 1. The summed E-state index contributed by atoms with van der Waals surface area (Å²) in [7, 11) is 0. The van der Waals surface area contributed by atoms with Crippen LogP contribution in [-0.4, -0.2) is 28.2 Å². The summed E-state index contributed by atoms with van der Waals surface area (Å²) in [5.74, 6) is 1.61. The fraction of sp³-hybridized carbons (Fsp3) is 0.636. The normalized spacial score (nSPS) is 18.1. The van der Waals surface area contributed by atoms with E-state index in [0.29, 0.717) is 0 Å². The highest BCUT2D eigenvalue weighted by Gasteiger charge is 2.17. The average molecular weight is 207 g/mol. The largest absolute Gasteiger partial charge is 0.392 e. The van der Waals surface area contributed by atoms with E-state index in [9.17, 15) is 0 Å². The Morgan fingerprint density at radius 3 is 2.47 bits per heavy atom. The summed E-state index contributed by atoms with van der Waals surface area (Å²) in [4.78, 5) is 10.7. The summed E-state index contributed by atoms with van der Waals surface area (Å²) in [5, 5.41) is 8.88. The van der Waals surface area contributed by atoms with Gasteiger partial charge in [-0.15, -0.1) is 0 Å². The lowest BCUT2D eigenvalue weighted by Crippen LogP contribution is -2.34. The molecular weight excluding hydrogens is 190 g/mol. The summed E-state index contributed by atoms with van der Waals surface area (Å²) in [6.45, 7) is 4.38. The average Bonchev–Trinajstić information content (AvgIpc) is 2.30. The van der Waals surface area contributed by atoms with Gasteiger partial charge >= 0.3 is 0 Å². The summed E-state index contributed by atoms with van der Waals surface area (Å²) >= 11 is 0. The number of anilines is 1. The molecule has 0 unspecified atom stereocenters. The predicted octanol–water partition coefficient (Wildman–Crippen LogP) is 1.21. The molecule has 0 aromatic carbocycles. The van der Waals surface area contributed by atoms with Crippen LogP contribution in [0, 0.1) is 5.92 Å². The summed E-state index contributed by atoms with van der Waals surface area (Å²) in [6, 6.07) is 0. The molecule has 1 N–H and O–H groups in total. The Hall–Kier alpha value is -1.16. The van der Waals surface area contributed by atoms with Crippen LogP contribution in [0.4, 0.5) is 5.95 Å². The number of aliphatic hydroxyl groups is 1. The van der Waals surface area contributed by atoms with E-state index in [0.717, 1.165) is 30.5 Å². The van der Waals surface area contributed by atoms with Gasteiger partial charge in [0.2, 0.25) is 5.95 Å². The summed E-state index contributed by atoms with van der Waals surface area (Å²) in [5.41, 5.74) is 0.768. The van der Waals surface area contributed by atoms with Gasteiger partial charge in [0.05, 0.1) is 6.61 Å². The molecule has 1 aliphatic rings. The van der Waals surface area contributed by atoms with Crippen molar-refractivity contribution >= 4 is 5.95 Å². The molecule has 0 spiro atoms. The minimum absolute atomic E-state index is 0.0112. The molecule has 0 amide bonds. The molecule has 82 valence electrons. The van der Waals surface area contributed by atoms with E-state index in [1.165, 1.54) is 12.8 Å². The van der Waals surface area contributed by atoms with Crippen LogP contribution < -0.4 is 4.90 Å². The fourth-order valence-corrected chi connectivity index (χ4v) is 1.80. The first kappa shape index (κ1) is 10.4. The lowest BCUT2D eigenvalue weighted by atomic mass is 10.00. The van der Waals surface area contributed by atoms with Gasteiger partial charge in [0, 0.05) is 31.0 Å². The van der Waals surface area contributed by atoms with Gasteiger partial charge in [-0.05, 0) is 18.8 Å². The van der Waals surface area contributed by atoms with Gasteiger partial charge in [-0.25, -0.2) is 9.97 Å². The van der Waals surface area contributed by atoms with Crippen molar-refractivity contribution in [2.45, 2.75) is 26.4 Å². The number of aliphatic hydroxyl groups excluding tert-OH is 1. The monoisotopic (exact) mass is 207 g/mol. The third-order valence-electron chi connectivity index (χ3n) is 2.94. The van der Waals surface area contributed by atoms with Crippen molar-refractivity contribution in [1.82, 2.24) is 9.97 Å². The van der Waals surface area contributed by atoms with E-state index in [2.05, 4.69) is 21.8 Å². The lowest BCUT2D eigenvalue weighted by Gasteiger charge is -2.30. The standard InChI is InChI=1S/C11H17N3O/c1-9-2-4-14(5-3-9)11-12-6-10(8-15)7-13-11/h6-7,9,15H,2-5,8H2,1H3. The Morgan fingerprint density at radius 2 is 1.93 bits per heavy atom. The van der Waals surface area contributed by atoms with Gasteiger partial charge in [-0.2, -0.15) is 0 Å². The van der Waals surface area contributed by atoms with Crippen LogP contribution in [0.1, 0.15) is 25.3 Å². The lowest BCUT2D eigenvalue weighted by molar-refractivity contribution is 0.281. The first-order valence-corrected chi connectivity index (χ1v) is 5.46. The zero-order chi connectivity index (χ0) is 10.7. The molecule has 0 saturated carbocycles. The molecule has 1 aromatic heterocycles. The predicted molar refractivity (Wildman–Crippen MR) is 58.6 cm³/mol. The van der Waals surface area contributed by atoms with Crippen LogP contribution in [0.15, 0.2) is 12.4 Å². The van der Waals surface area contributed by atoms with Gasteiger partial charge < -0.3 is 10.0 Å². The van der Waals surface area contributed by atoms with Gasteiger partial charge in [0.25, 0.3) is 0 Å². The van der Waals surface area contributed by atoms with Gasteiger partial charge in [-0.1, -0.05) is 6.92 Å². The fourth-order valence-electron chi connectivity index (χ4n) is 1.80. The number of rotatable bonds is 2. The maximum atomic E-state index is 8.88. The topological polar surface area (TPSA) is 49.2 Å². The second kappa shape index (κ2) is 4.57. The smallest absolute Gasteiger partial charge is 0.225 e. The van der Waals surface area contributed by atoms with E-state index in [1.807, 2.05) is 0 Å². The van der Waals surface area contributed by atoms with Crippen LogP contribution in [0.2, 0.25) is 0 Å². The third kappa shape index (κ3) is 2.45. The van der Waals surface area contributed by atoms with Crippen molar-refractivity contribution in [3.63, 3.8) is 0 Å². The number of nitrogens with zero attached hydrogens (tertiary/aromatic N) is 3. The van der Waals surface area contributed by atoms with Crippen LogP contribution >= 0.6 is 0 Å². The maximum Gasteiger partial charge on any atom is 0.225 e. The van der Waals surface area contributed by atoms with Crippen molar-refractivity contribution < 1.29 is 5.11 Å². The van der Waals surface area contributed by atoms with E-state index < -0.39 is 0 Å². The third-order valence-corrected chi connectivity index (χ3v) is 2.94. The van der Waals surface area contributed by atoms with Crippen molar-refractivity contribution in [1.29, 1.82) is 0 Å². The van der Waals surface area contributed by atoms with Crippen molar-refractivity contribution in [2.75, 3.05) is 18.0 Å². The molecule has 15 heavy (non-hydrogen) atoms. The van der Waals surface area contributed by atoms with Crippen molar-refractivity contribution in [2.24, 2.45) is 5.92 Å². The van der Waals surface area contributed by atoms with Crippen molar-refractivity contribution in [3.05, 3.63) is 18.0 Å². The molecule has 4 nitrogen and oxygen atoms in total. The molecule has 1 aliphatic heterocycles. The van der Waals surface area contributed by atoms with E-state index in [1.54, 1.807) is 12.4 Å². The zero-order valence-electron chi connectivity index (χ0n) is 9.06. The number of aromatic nitrogens is 2. The Bertz CT molecular complexity index is 304. The maximum absolute atomic E-state index is 8.88. The zero-order valence-corrected chi connectivity index (χ0v) is 9.06. The summed E-state index contributed by atoms with van der Waals surface area (Å²) < 4.78 is 0. The molecule has 0 atom stereocenters. The molecule has 2 rings (SSSR count). The van der Waals surface area contributed by atoms with Crippen molar-refractivity contribution in [3.8, 4) is 0 Å². The highest BCUT2D eigenvalue weighted by atomic mass is 16.3. The first-order chi connectivity index (χ1) is 7.29. The molecule has 1 fully saturated rings.